The summed E-state index contributed by atoms with van der Waals surface area (Å²) < 4.78 is 19.7. The Labute approximate surface area is 161 Å². The van der Waals surface area contributed by atoms with Crippen LogP contribution >= 0.6 is 23.4 Å². The third-order valence-electron chi connectivity index (χ3n) is 3.52. The van der Waals surface area contributed by atoms with Gasteiger partial charge < -0.3 is 9.64 Å². The molecule has 1 heterocycles. The third-order valence-corrected chi connectivity index (χ3v) is 4.36. The zero-order valence-corrected chi connectivity index (χ0v) is 16.5. The number of nitrogens with zero attached hydrogens (tertiary/aromatic N) is 3. The summed E-state index contributed by atoms with van der Waals surface area (Å²) in [7, 11) is 3.50. The summed E-state index contributed by atoms with van der Waals surface area (Å²) in [4.78, 5) is 23.0. The van der Waals surface area contributed by atoms with Crippen molar-refractivity contribution in [2.75, 3.05) is 31.9 Å². The fraction of sp³-hybridized carbons (Fsp3) is 0.278. The fourth-order valence-electron chi connectivity index (χ4n) is 2.32. The van der Waals surface area contributed by atoms with Crippen LogP contribution < -0.4 is 4.90 Å². The van der Waals surface area contributed by atoms with Gasteiger partial charge in [0.15, 0.2) is 5.16 Å². The normalized spacial score (nSPS) is 10.5. The summed E-state index contributed by atoms with van der Waals surface area (Å²) in [5.41, 5.74) is 0.749. The van der Waals surface area contributed by atoms with E-state index in [4.69, 9.17) is 16.3 Å². The van der Waals surface area contributed by atoms with E-state index in [-0.39, 0.29) is 34.0 Å². The average Bonchev–Trinajstić information content (AvgIpc) is 2.62. The highest BCUT2D eigenvalue weighted by Gasteiger charge is 2.26. The maximum atomic E-state index is 14.5. The molecule has 2 rings (SSSR count). The molecule has 26 heavy (non-hydrogen) atoms. The van der Waals surface area contributed by atoms with E-state index in [2.05, 4.69) is 16.5 Å². The van der Waals surface area contributed by atoms with Crippen LogP contribution in [0.25, 0.3) is 5.57 Å². The molecule has 0 N–H and O–H groups in total. The van der Waals surface area contributed by atoms with Gasteiger partial charge in [-0.3, -0.25) is 0 Å². The summed E-state index contributed by atoms with van der Waals surface area (Å²) in [5.74, 6) is -0.839. The zero-order chi connectivity index (χ0) is 19.4. The van der Waals surface area contributed by atoms with Crippen LogP contribution in [0.4, 0.5) is 10.2 Å². The van der Waals surface area contributed by atoms with Gasteiger partial charge in [0.25, 0.3) is 0 Å². The van der Waals surface area contributed by atoms with Crippen LogP contribution in [0.1, 0.15) is 28.5 Å². The highest BCUT2D eigenvalue weighted by Crippen LogP contribution is 2.33. The standard InChI is InChI=1S/C18H19ClFN3O2S/c1-6-25-17(24)13-15(21-18(26-5)22-16(13)23(3)4)10(2)11-8-7-9-12(19)14(11)20/h7-9H,2,6H2,1,3-5H3. The molecule has 0 radical (unpaired) electrons. The van der Waals surface area contributed by atoms with E-state index >= 15 is 0 Å². The number of rotatable bonds is 6. The van der Waals surface area contributed by atoms with Crippen LogP contribution in [-0.4, -0.2) is 42.9 Å². The number of esters is 1. The Kier molecular flexibility index (Phi) is 6.61. The molecule has 0 unspecified atom stereocenters. The Balaban J connectivity index is 2.76. The SMILES string of the molecule is C=C(c1cccc(Cl)c1F)c1nc(SC)nc(N(C)C)c1C(=O)OCC. The molecule has 0 fully saturated rings. The summed E-state index contributed by atoms with van der Waals surface area (Å²) in [5, 5.41) is 0.397. The highest BCUT2D eigenvalue weighted by atomic mass is 35.5. The molecule has 2 aromatic rings. The van der Waals surface area contributed by atoms with Crippen molar-refractivity contribution in [2.24, 2.45) is 0 Å². The molecule has 0 atom stereocenters. The molecule has 0 amide bonds. The summed E-state index contributed by atoms with van der Waals surface area (Å²) in [6.07, 6.45) is 1.81. The number of hydrogen-bond donors (Lipinski definition) is 0. The van der Waals surface area contributed by atoms with Crippen LogP contribution in [0.2, 0.25) is 5.02 Å². The van der Waals surface area contributed by atoms with Gasteiger partial charge in [-0.05, 0) is 19.2 Å². The first-order valence-corrected chi connectivity index (χ1v) is 9.36. The molecule has 5 nitrogen and oxygen atoms in total. The molecule has 0 saturated carbocycles. The van der Waals surface area contributed by atoms with Crippen LogP contribution in [-0.2, 0) is 4.74 Å². The highest BCUT2D eigenvalue weighted by molar-refractivity contribution is 7.98. The number of carbonyl (C=O) groups is 1. The molecule has 138 valence electrons. The molecule has 8 heteroatoms. The predicted octanol–water partition coefficient (Wildman–Crippen LogP) is 4.30. The topological polar surface area (TPSA) is 55.3 Å². The molecule has 0 aliphatic heterocycles. The lowest BCUT2D eigenvalue weighted by atomic mass is 9.99. The number of halogens is 2. The Morgan fingerprint density at radius 2 is 2.08 bits per heavy atom. The first kappa shape index (κ1) is 20.2. The Hall–Kier alpha value is -2.12. The minimum absolute atomic E-state index is 0.0340. The minimum atomic E-state index is -0.621. The lowest BCUT2D eigenvalue weighted by Crippen LogP contribution is -2.21. The van der Waals surface area contributed by atoms with Gasteiger partial charge in [-0.2, -0.15) is 0 Å². The Morgan fingerprint density at radius 1 is 1.38 bits per heavy atom. The monoisotopic (exact) mass is 395 g/mol. The summed E-state index contributed by atoms with van der Waals surface area (Å²) >= 11 is 7.19. The molecule has 0 saturated heterocycles. The van der Waals surface area contributed by atoms with Crippen LogP contribution in [0.3, 0.4) is 0 Å². The second-order valence-corrected chi connectivity index (χ2v) is 6.63. The van der Waals surface area contributed by atoms with Crippen molar-refractivity contribution in [1.82, 2.24) is 9.97 Å². The quantitative estimate of drug-likeness (QED) is 0.413. The maximum absolute atomic E-state index is 14.5. The number of ether oxygens (including phenoxy) is 1. The third kappa shape index (κ3) is 3.99. The molecule has 1 aromatic heterocycles. The van der Waals surface area contributed by atoms with Gasteiger partial charge in [0, 0.05) is 25.2 Å². The first-order chi connectivity index (χ1) is 12.3. The molecule has 0 aliphatic carbocycles. The van der Waals surface area contributed by atoms with Gasteiger partial charge >= 0.3 is 5.97 Å². The van der Waals surface area contributed by atoms with E-state index < -0.39 is 11.8 Å². The molecule has 1 aromatic carbocycles. The summed E-state index contributed by atoms with van der Waals surface area (Å²) in [6, 6.07) is 4.59. The van der Waals surface area contributed by atoms with Gasteiger partial charge in [0.05, 0.1) is 17.3 Å². The number of benzene rings is 1. The first-order valence-electron chi connectivity index (χ1n) is 7.75. The lowest BCUT2D eigenvalue weighted by molar-refractivity contribution is 0.0525. The van der Waals surface area contributed by atoms with E-state index in [1.54, 1.807) is 32.0 Å². The van der Waals surface area contributed by atoms with E-state index in [0.29, 0.717) is 11.0 Å². The average molecular weight is 396 g/mol. The molecule has 0 aliphatic rings. The van der Waals surface area contributed by atoms with Gasteiger partial charge in [-0.25, -0.2) is 19.2 Å². The second kappa shape index (κ2) is 8.51. The lowest BCUT2D eigenvalue weighted by Gasteiger charge is -2.20. The second-order valence-electron chi connectivity index (χ2n) is 5.45. The number of anilines is 1. The largest absolute Gasteiger partial charge is 0.462 e. The van der Waals surface area contributed by atoms with Gasteiger partial charge in [0.2, 0.25) is 0 Å². The molecule has 0 bridgehead atoms. The zero-order valence-electron chi connectivity index (χ0n) is 15.0. The Morgan fingerprint density at radius 3 is 2.65 bits per heavy atom. The molecular formula is C18H19ClFN3O2S. The minimum Gasteiger partial charge on any atom is -0.462 e. The number of hydrogen-bond acceptors (Lipinski definition) is 6. The molecular weight excluding hydrogens is 377 g/mol. The van der Waals surface area contributed by atoms with Crippen LogP contribution in [0, 0.1) is 5.82 Å². The predicted molar refractivity (Wildman–Crippen MR) is 104 cm³/mol. The summed E-state index contributed by atoms with van der Waals surface area (Å²) in [6.45, 7) is 5.84. The van der Waals surface area contributed by atoms with Crippen molar-refractivity contribution < 1.29 is 13.9 Å². The van der Waals surface area contributed by atoms with Gasteiger partial charge in [-0.1, -0.05) is 42.1 Å². The van der Waals surface area contributed by atoms with E-state index in [9.17, 15) is 9.18 Å². The van der Waals surface area contributed by atoms with Gasteiger partial charge in [-0.15, -0.1) is 0 Å². The van der Waals surface area contributed by atoms with Crippen molar-refractivity contribution in [3.05, 3.63) is 52.4 Å². The van der Waals surface area contributed by atoms with Crippen LogP contribution in [0.5, 0.6) is 0 Å². The number of carbonyl (C=O) groups excluding carboxylic acids is 1. The van der Waals surface area contributed by atoms with Crippen molar-refractivity contribution in [1.29, 1.82) is 0 Å². The van der Waals surface area contributed by atoms with Gasteiger partial charge in [0.1, 0.15) is 17.2 Å². The fourth-order valence-corrected chi connectivity index (χ4v) is 2.85. The van der Waals surface area contributed by atoms with E-state index in [1.807, 2.05) is 6.26 Å². The van der Waals surface area contributed by atoms with Crippen LogP contribution in [0.15, 0.2) is 29.9 Å². The van der Waals surface area contributed by atoms with E-state index in [0.717, 1.165) is 0 Å². The van der Waals surface area contributed by atoms with E-state index in [1.165, 1.54) is 23.9 Å². The Bertz CT molecular complexity index is 859. The maximum Gasteiger partial charge on any atom is 0.344 e. The van der Waals surface area contributed by atoms with Crippen molar-refractivity contribution >= 4 is 40.7 Å². The van der Waals surface area contributed by atoms with Crippen molar-refractivity contribution in [3.63, 3.8) is 0 Å². The molecule has 0 spiro atoms. The van der Waals surface area contributed by atoms with Crippen molar-refractivity contribution in [3.8, 4) is 0 Å². The smallest absolute Gasteiger partial charge is 0.344 e. The van der Waals surface area contributed by atoms with Crippen molar-refractivity contribution in [2.45, 2.75) is 12.1 Å². The number of aromatic nitrogens is 2. The number of thioether (sulfide) groups is 1.